The van der Waals surface area contributed by atoms with E-state index >= 15 is 0 Å². The molecule has 4 heteroatoms. The third-order valence-corrected chi connectivity index (χ3v) is 4.41. The molecule has 1 unspecified atom stereocenters. The second-order valence-electron chi connectivity index (χ2n) is 6.13. The predicted octanol–water partition coefficient (Wildman–Crippen LogP) is 0.682. The van der Waals surface area contributed by atoms with Crippen LogP contribution in [0, 0.1) is 0 Å². The number of likely N-dealkylation sites (tertiary alicyclic amines) is 1. The summed E-state index contributed by atoms with van der Waals surface area (Å²) in [6.45, 7) is 9.92. The van der Waals surface area contributed by atoms with E-state index < -0.39 is 0 Å². The van der Waals surface area contributed by atoms with Crippen LogP contribution in [0.5, 0.6) is 0 Å². The molecule has 0 radical (unpaired) electrons. The molecule has 0 bridgehead atoms. The predicted molar refractivity (Wildman–Crippen MR) is 78.9 cm³/mol. The normalized spacial score (nSPS) is 22.7. The van der Waals surface area contributed by atoms with Crippen LogP contribution in [-0.4, -0.2) is 80.1 Å². The van der Waals surface area contributed by atoms with Crippen LogP contribution >= 0.6 is 0 Å². The minimum Gasteiger partial charge on any atom is -0.329 e. The average molecular weight is 256 g/mol. The summed E-state index contributed by atoms with van der Waals surface area (Å²) in [6.07, 6.45) is 2.40. The molecule has 108 valence electrons. The van der Waals surface area contributed by atoms with Gasteiger partial charge < -0.3 is 15.5 Å². The third kappa shape index (κ3) is 3.67. The maximum Gasteiger partial charge on any atom is 0.0359 e. The molecule has 4 nitrogen and oxygen atoms in total. The van der Waals surface area contributed by atoms with Gasteiger partial charge in [-0.1, -0.05) is 6.92 Å². The van der Waals surface area contributed by atoms with E-state index in [1.165, 1.54) is 25.9 Å². The Labute approximate surface area is 113 Å². The van der Waals surface area contributed by atoms with Crippen LogP contribution in [0.4, 0.5) is 0 Å². The molecule has 0 saturated carbocycles. The second kappa shape index (κ2) is 6.85. The summed E-state index contributed by atoms with van der Waals surface area (Å²) in [4.78, 5) is 7.32. The van der Waals surface area contributed by atoms with Crippen molar-refractivity contribution in [3.63, 3.8) is 0 Å². The van der Waals surface area contributed by atoms with Crippen LogP contribution in [-0.2, 0) is 0 Å². The smallest absolute Gasteiger partial charge is 0.0359 e. The van der Waals surface area contributed by atoms with Crippen LogP contribution in [0.15, 0.2) is 0 Å². The van der Waals surface area contributed by atoms with Gasteiger partial charge in [-0.2, -0.15) is 0 Å². The molecule has 0 aromatic rings. The van der Waals surface area contributed by atoms with Crippen molar-refractivity contribution >= 4 is 0 Å². The van der Waals surface area contributed by atoms with Gasteiger partial charge in [-0.3, -0.25) is 4.90 Å². The summed E-state index contributed by atoms with van der Waals surface area (Å²) in [6, 6.07) is 0.567. The highest BCUT2D eigenvalue weighted by Gasteiger charge is 2.39. The van der Waals surface area contributed by atoms with Crippen molar-refractivity contribution in [2.75, 3.05) is 53.9 Å². The average Bonchev–Trinajstić information content (AvgIpc) is 2.32. The maximum absolute atomic E-state index is 6.15. The zero-order valence-electron chi connectivity index (χ0n) is 12.9. The molecule has 0 aliphatic carbocycles. The highest BCUT2D eigenvalue weighted by Crippen LogP contribution is 2.29. The molecule has 2 N–H and O–H groups in total. The molecular formula is C14H32N4. The monoisotopic (exact) mass is 256 g/mol. The Morgan fingerprint density at radius 3 is 2.22 bits per heavy atom. The van der Waals surface area contributed by atoms with E-state index in [0.717, 1.165) is 19.6 Å². The Morgan fingerprint density at radius 1 is 1.28 bits per heavy atom. The lowest BCUT2D eigenvalue weighted by Gasteiger charge is -2.50. The highest BCUT2D eigenvalue weighted by atomic mass is 15.3. The van der Waals surface area contributed by atoms with E-state index in [9.17, 15) is 0 Å². The molecule has 1 heterocycles. The Hall–Kier alpha value is -0.160. The number of hydrogen-bond acceptors (Lipinski definition) is 4. The molecule has 1 atom stereocenters. The van der Waals surface area contributed by atoms with Crippen LogP contribution < -0.4 is 5.73 Å². The van der Waals surface area contributed by atoms with Gasteiger partial charge in [-0.05, 0) is 60.5 Å². The minimum absolute atomic E-state index is 0.219. The fourth-order valence-electron chi connectivity index (χ4n) is 3.38. The van der Waals surface area contributed by atoms with Crippen molar-refractivity contribution in [2.45, 2.75) is 38.3 Å². The number of hydrogen-bond donors (Lipinski definition) is 1. The van der Waals surface area contributed by atoms with Crippen molar-refractivity contribution in [3.8, 4) is 0 Å². The van der Waals surface area contributed by atoms with Gasteiger partial charge in [0.1, 0.15) is 0 Å². The standard InChI is InChI=1S/C14H32N4/c1-6-18(13(2)11-16(3)4)14(12-15)7-9-17(5)10-8-14/h13H,6-12,15H2,1-5H3. The van der Waals surface area contributed by atoms with Gasteiger partial charge in [0.15, 0.2) is 0 Å². The molecular weight excluding hydrogens is 224 g/mol. The van der Waals surface area contributed by atoms with Gasteiger partial charge >= 0.3 is 0 Å². The maximum atomic E-state index is 6.15. The largest absolute Gasteiger partial charge is 0.329 e. The number of nitrogens with zero attached hydrogens (tertiary/aromatic N) is 3. The topological polar surface area (TPSA) is 35.7 Å². The summed E-state index contributed by atoms with van der Waals surface area (Å²) < 4.78 is 0. The number of nitrogens with two attached hydrogens (primary N) is 1. The number of rotatable bonds is 6. The number of piperidine rings is 1. The summed E-state index contributed by atoms with van der Waals surface area (Å²) in [5.74, 6) is 0. The van der Waals surface area contributed by atoms with E-state index in [0.29, 0.717) is 6.04 Å². The SMILES string of the molecule is CCN(C(C)CN(C)C)C1(CN)CCN(C)CC1. The molecule has 1 aliphatic heterocycles. The first-order valence-electron chi connectivity index (χ1n) is 7.25. The minimum atomic E-state index is 0.219. The van der Waals surface area contributed by atoms with Gasteiger partial charge in [0.2, 0.25) is 0 Å². The van der Waals surface area contributed by atoms with Gasteiger partial charge in [-0.25, -0.2) is 0 Å². The first-order valence-corrected chi connectivity index (χ1v) is 7.25. The second-order valence-corrected chi connectivity index (χ2v) is 6.13. The summed E-state index contributed by atoms with van der Waals surface area (Å²) in [7, 11) is 6.50. The Balaban J connectivity index is 2.76. The molecule has 1 rings (SSSR count). The Kier molecular flexibility index (Phi) is 6.05. The summed E-state index contributed by atoms with van der Waals surface area (Å²) in [5.41, 5.74) is 6.37. The van der Waals surface area contributed by atoms with E-state index in [2.05, 4.69) is 49.7 Å². The zero-order chi connectivity index (χ0) is 13.8. The van der Waals surface area contributed by atoms with Crippen molar-refractivity contribution < 1.29 is 0 Å². The Morgan fingerprint density at radius 2 is 1.83 bits per heavy atom. The van der Waals surface area contributed by atoms with Gasteiger partial charge in [0.05, 0.1) is 0 Å². The van der Waals surface area contributed by atoms with E-state index in [4.69, 9.17) is 5.73 Å². The van der Waals surface area contributed by atoms with Crippen LogP contribution in [0.25, 0.3) is 0 Å². The van der Waals surface area contributed by atoms with E-state index in [1.54, 1.807) is 0 Å². The van der Waals surface area contributed by atoms with Crippen molar-refractivity contribution in [2.24, 2.45) is 5.73 Å². The molecule has 0 aromatic heterocycles. The molecule has 0 amide bonds. The molecule has 0 aromatic carbocycles. The van der Waals surface area contributed by atoms with Gasteiger partial charge in [0.25, 0.3) is 0 Å². The number of likely N-dealkylation sites (N-methyl/N-ethyl adjacent to an activating group) is 2. The highest BCUT2D eigenvalue weighted by molar-refractivity contribution is 4.97. The summed E-state index contributed by atoms with van der Waals surface area (Å²) >= 11 is 0. The lowest BCUT2D eigenvalue weighted by Crippen LogP contribution is -2.62. The van der Waals surface area contributed by atoms with Crippen LogP contribution in [0.3, 0.4) is 0 Å². The van der Waals surface area contributed by atoms with Crippen molar-refractivity contribution in [3.05, 3.63) is 0 Å². The molecule has 0 spiro atoms. The fraction of sp³-hybridized carbons (Fsp3) is 1.00. The van der Waals surface area contributed by atoms with Gasteiger partial charge in [0, 0.05) is 24.7 Å². The zero-order valence-corrected chi connectivity index (χ0v) is 12.9. The summed E-state index contributed by atoms with van der Waals surface area (Å²) in [5, 5.41) is 0. The van der Waals surface area contributed by atoms with E-state index in [-0.39, 0.29) is 5.54 Å². The first kappa shape index (κ1) is 15.9. The lowest BCUT2D eigenvalue weighted by molar-refractivity contribution is 0.00377. The first-order chi connectivity index (χ1) is 8.45. The molecule has 1 saturated heterocycles. The Bertz CT molecular complexity index is 234. The lowest BCUT2D eigenvalue weighted by atomic mass is 9.84. The fourth-order valence-corrected chi connectivity index (χ4v) is 3.38. The molecule has 18 heavy (non-hydrogen) atoms. The quantitative estimate of drug-likeness (QED) is 0.758. The van der Waals surface area contributed by atoms with Crippen molar-refractivity contribution in [1.29, 1.82) is 0 Å². The molecule has 1 fully saturated rings. The third-order valence-electron chi connectivity index (χ3n) is 4.41. The van der Waals surface area contributed by atoms with Crippen LogP contribution in [0.1, 0.15) is 26.7 Å². The van der Waals surface area contributed by atoms with Gasteiger partial charge in [-0.15, -0.1) is 0 Å². The molecule has 1 aliphatic rings. The van der Waals surface area contributed by atoms with E-state index in [1.807, 2.05) is 0 Å². The van der Waals surface area contributed by atoms with Crippen molar-refractivity contribution in [1.82, 2.24) is 14.7 Å². The van der Waals surface area contributed by atoms with Crippen LogP contribution in [0.2, 0.25) is 0 Å².